The number of ether oxygens (including phenoxy) is 2. The Morgan fingerprint density at radius 1 is 1.28 bits per heavy atom. The first-order chi connectivity index (χ1) is 8.88. The number of nitrogens with one attached hydrogen (secondary N) is 1. The van der Waals surface area contributed by atoms with E-state index in [1.807, 2.05) is 18.2 Å². The van der Waals surface area contributed by atoms with Gasteiger partial charge in [-0.15, -0.1) is 0 Å². The monoisotopic (exact) mass is 249 g/mol. The summed E-state index contributed by atoms with van der Waals surface area (Å²) in [6.45, 7) is 2.56. The Balaban J connectivity index is 1.58. The molecule has 0 amide bonds. The van der Waals surface area contributed by atoms with Gasteiger partial charge < -0.3 is 14.8 Å². The summed E-state index contributed by atoms with van der Waals surface area (Å²) in [6, 6.07) is 8.93. The summed E-state index contributed by atoms with van der Waals surface area (Å²) >= 11 is 0. The Bertz CT molecular complexity index is 350. The fourth-order valence-corrected chi connectivity index (χ4v) is 1.90. The van der Waals surface area contributed by atoms with Crippen molar-refractivity contribution in [3.8, 4) is 5.75 Å². The van der Waals surface area contributed by atoms with Gasteiger partial charge in [0.1, 0.15) is 5.75 Å². The van der Waals surface area contributed by atoms with Gasteiger partial charge in [0.05, 0.1) is 13.2 Å². The molecule has 1 N–H and O–H groups in total. The zero-order valence-corrected chi connectivity index (χ0v) is 11.2. The molecule has 2 rings (SSSR count). The van der Waals surface area contributed by atoms with E-state index in [2.05, 4.69) is 11.4 Å². The summed E-state index contributed by atoms with van der Waals surface area (Å²) in [4.78, 5) is 0. The molecule has 0 unspecified atom stereocenters. The van der Waals surface area contributed by atoms with Crippen LogP contribution in [0, 0.1) is 0 Å². The van der Waals surface area contributed by atoms with E-state index in [1.54, 1.807) is 7.11 Å². The summed E-state index contributed by atoms with van der Waals surface area (Å²) in [5.41, 5.74) is 1.16. The van der Waals surface area contributed by atoms with Crippen LogP contribution in [0.15, 0.2) is 24.3 Å². The third kappa shape index (κ3) is 5.07. The second-order valence-corrected chi connectivity index (χ2v) is 4.86. The fourth-order valence-electron chi connectivity index (χ4n) is 1.90. The van der Waals surface area contributed by atoms with E-state index >= 15 is 0 Å². The third-order valence-electron chi connectivity index (χ3n) is 3.06. The van der Waals surface area contributed by atoms with Gasteiger partial charge in [0, 0.05) is 13.2 Å². The number of hydrogen-bond donors (Lipinski definition) is 1. The lowest BCUT2D eigenvalue weighted by Gasteiger charge is -2.08. The van der Waals surface area contributed by atoms with Gasteiger partial charge >= 0.3 is 0 Å². The molecular weight excluding hydrogens is 226 g/mol. The Hall–Kier alpha value is -1.06. The molecule has 0 aliphatic heterocycles. The SMILES string of the molecule is COCc1cccc(OCCCCNC2CC2)c1. The Morgan fingerprint density at radius 3 is 2.94 bits per heavy atom. The molecule has 0 atom stereocenters. The molecule has 0 spiro atoms. The normalized spacial score (nSPS) is 14.7. The van der Waals surface area contributed by atoms with Crippen molar-refractivity contribution in [1.82, 2.24) is 5.32 Å². The number of unbranched alkanes of at least 4 members (excludes halogenated alkanes) is 1. The van der Waals surface area contributed by atoms with Gasteiger partial charge in [-0.05, 0) is 49.9 Å². The van der Waals surface area contributed by atoms with Crippen molar-refractivity contribution in [3.05, 3.63) is 29.8 Å². The van der Waals surface area contributed by atoms with E-state index in [9.17, 15) is 0 Å². The average molecular weight is 249 g/mol. The molecule has 1 fully saturated rings. The van der Waals surface area contributed by atoms with E-state index in [-0.39, 0.29) is 0 Å². The van der Waals surface area contributed by atoms with Crippen LogP contribution < -0.4 is 10.1 Å². The number of hydrogen-bond acceptors (Lipinski definition) is 3. The van der Waals surface area contributed by atoms with Crippen LogP contribution >= 0.6 is 0 Å². The second kappa shape index (κ2) is 7.39. The van der Waals surface area contributed by atoms with E-state index < -0.39 is 0 Å². The molecule has 1 aliphatic carbocycles. The molecular formula is C15H23NO2. The summed E-state index contributed by atoms with van der Waals surface area (Å²) in [5, 5.41) is 3.51. The molecule has 1 aliphatic rings. The highest BCUT2D eigenvalue weighted by molar-refractivity contribution is 5.28. The van der Waals surface area contributed by atoms with Crippen molar-refractivity contribution < 1.29 is 9.47 Å². The minimum absolute atomic E-state index is 0.641. The Labute approximate surface area is 109 Å². The van der Waals surface area contributed by atoms with Crippen LogP contribution in [0.1, 0.15) is 31.2 Å². The molecule has 3 heteroatoms. The maximum absolute atomic E-state index is 5.73. The van der Waals surface area contributed by atoms with Gasteiger partial charge in [0.15, 0.2) is 0 Å². The molecule has 0 saturated heterocycles. The van der Waals surface area contributed by atoms with Crippen LogP contribution in [0.3, 0.4) is 0 Å². The highest BCUT2D eigenvalue weighted by Gasteiger charge is 2.19. The molecule has 100 valence electrons. The van der Waals surface area contributed by atoms with E-state index in [1.165, 1.54) is 19.3 Å². The summed E-state index contributed by atoms with van der Waals surface area (Å²) in [6.07, 6.45) is 5.02. The average Bonchev–Trinajstić information content (AvgIpc) is 3.19. The number of benzene rings is 1. The first-order valence-electron chi connectivity index (χ1n) is 6.82. The minimum atomic E-state index is 0.641. The largest absolute Gasteiger partial charge is 0.494 e. The highest BCUT2D eigenvalue weighted by Crippen LogP contribution is 2.18. The van der Waals surface area contributed by atoms with E-state index in [0.29, 0.717) is 6.61 Å². The van der Waals surface area contributed by atoms with Gasteiger partial charge in [-0.1, -0.05) is 12.1 Å². The van der Waals surface area contributed by atoms with Gasteiger partial charge in [0.2, 0.25) is 0 Å². The third-order valence-corrected chi connectivity index (χ3v) is 3.06. The molecule has 0 aromatic heterocycles. The Kier molecular flexibility index (Phi) is 5.49. The fraction of sp³-hybridized carbons (Fsp3) is 0.600. The molecule has 0 heterocycles. The van der Waals surface area contributed by atoms with Gasteiger partial charge in [-0.25, -0.2) is 0 Å². The quantitative estimate of drug-likeness (QED) is 0.683. The predicted octanol–water partition coefficient (Wildman–Crippen LogP) is 2.74. The predicted molar refractivity (Wildman–Crippen MR) is 72.9 cm³/mol. The number of methoxy groups -OCH3 is 1. The van der Waals surface area contributed by atoms with Crippen LogP contribution in [0.2, 0.25) is 0 Å². The van der Waals surface area contributed by atoms with Crippen LogP contribution in [-0.4, -0.2) is 26.3 Å². The molecule has 0 radical (unpaired) electrons. The lowest BCUT2D eigenvalue weighted by molar-refractivity contribution is 0.184. The Morgan fingerprint density at radius 2 is 2.17 bits per heavy atom. The van der Waals surface area contributed by atoms with Crippen LogP contribution in [0.4, 0.5) is 0 Å². The molecule has 1 aromatic rings. The van der Waals surface area contributed by atoms with Crippen molar-refractivity contribution in [2.75, 3.05) is 20.3 Å². The maximum atomic E-state index is 5.73. The molecule has 3 nitrogen and oxygen atoms in total. The zero-order valence-electron chi connectivity index (χ0n) is 11.2. The van der Waals surface area contributed by atoms with Crippen molar-refractivity contribution in [2.45, 2.75) is 38.3 Å². The molecule has 18 heavy (non-hydrogen) atoms. The highest BCUT2D eigenvalue weighted by atomic mass is 16.5. The minimum Gasteiger partial charge on any atom is -0.494 e. The lowest BCUT2D eigenvalue weighted by Crippen LogP contribution is -2.17. The second-order valence-electron chi connectivity index (χ2n) is 4.86. The summed E-state index contributed by atoms with van der Waals surface area (Å²) in [7, 11) is 1.71. The first-order valence-corrected chi connectivity index (χ1v) is 6.82. The van der Waals surface area contributed by atoms with Crippen molar-refractivity contribution in [1.29, 1.82) is 0 Å². The lowest BCUT2D eigenvalue weighted by atomic mass is 10.2. The van der Waals surface area contributed by atoms with E-state index in [4.69, 9.17) is 9.47 Å². The van der Waals surface area contributed by atoms with Crippen LogP contribution in [0.25, 0.3) is 0 Å². The van der Waals surface area contributed by atoms with Crippen molar-refractivity contribution >= 4 is 0 Å². The topological polar surface area (TPSA) is 30.5 Å². The van der Waals surface area contributed by atoms with Crippen LogP contribution in [-0.2, 0) is 11.3 Å². The number of rotatable bonds is 9. The van der Waals surface area contributed by atoms with Crippen molar-refractivity contribution in [2.24, 2.45) is 0 Å². The molecule has 1 saturated carbocycles. The molecule has 1 aromatic carbocycles. The zero-order chi connectivity index (χ0) is 12.6. The summed E-state index contributed by atoms with van der Waals surface area (Å²) in [5.74, 6) is 0.944. The smallest absolute Gasteiger partial charge is 0.119 e. The van der Waals surface area contributed by atoms with Crippen molar-refractivity contribution in [3.63, 3.8) is 0 Å². The van der Waals surface area contributed by atoms with Crippen LogP contribution in [0.5, 0.6) is 5.75 Å². The van der Waals surface area contributed by atoms with Gasteiger partial charge in [-0.2, -0.15) is 0 Å². The molecule has 0 bridgehead atoms. The first kappa shape index (κ1) is 13.4. The standard InChI is InChI=1S/C15H23NO2/c1-17-12-13-5-4-6-15(11-13)18-10-3-2-9-16-14-7-8-14/h4-6,11,14,16H,2-3,7-10,12H2,1H3. The van der Waals surface area contributed by atoms with Gasteiger partial charge in [0.25, 0.3) is 0 Å². The maximum Gasteiger partial charge on any atom is 0.119 e. The van der Waals surface area contributed by atoms with E-state index in [0.717, 1.165) is 36.9 Å². The van der Waals surface area contributed by atoms with Gasteiger partial charge in [-0.3, -0.25) is 0 Å². The summed E-state index contributed by atoms with van der Waals surface area (Å²) < 4.78 is 10.8.